The molecule has 1 atom stereocenters. The number of nitrogens with zero attached hydrogens (tertiary/aromatic N) is 6. The molecule has 1 aromatic carbocycles. The van der Waals surface area contributed by atoms with Crippen LogP contribution in [0.5, 0.6) is 0 Å². The van der Waals surface area contributed by atoms with Crippen molar-refractivity contribution < 1.29 is 0 Å². The third kappa shape index (κ3) is 3.83. The quantitative estimate of drug-likeness (QED) is 0.767. The highest BCUT2D eigenvalue weighted by atomic mass is 15.4. The van der Waals surface area contributed by atoms with Crippen molar-refractivity contribution in [1.82, 2.24) is 30.5 Å². The van der Waals surface area contributed by atoms with Gasteiger partial charge >= 0.3 is 0 Å². The minimum Gasteiger partial charge on any atom is -0.354 e. The van der Waals surface area contributed by atoms with Crippen molar-refractivity contribution in [2.75, 3.05) is 18.0 Å². The molecule has 25 heavy (non-hydrogen) atoms. The van der Waals surface area contributed by atoms with E-state index in [9.17, 15) is 0 Å². The molecule has 1 fully saturated rings. The normalized spacial score (nSPS) is 17.6. The van der Waals surface area contributed by atoms with Gasteiger partial charge in [0.25, 0.3) is 0 Å². The fourth-order valence-electron chi connectivity index (χ4n) is 3.15. The SMILES string of the molecule is c1ccc(-n2cc(CNC3CCCN(c4cccnn4)C3)nn2)cc1. The number of piperidine rings is 1. The van der Waals surface area contributed by atoms with E-state index in [1.165, 1.54) is 0 Å². The summed E-state index contributed by atoms with van der Waals surface area (Å²) in [5.41, 5.74) is 1.97. The van der Waals surface area contributed by atoms with Crippen molar-refractivity contribution in [2.24, 2.45) is 0 Å². The Labute approximate surface area is 146 Å². The molecule has 0 aliphatic carbocycles. The molecule has 0 amide bonds. The minimum atomic E-state index is 0.414. The molecule has 1 aliphatic rings. The van der Waals surface area contributed by atoms with Gasteiger partial charge < -0.3 is 10.2 Å². The van der Waals surface area contributed by atoms with E-state index in [1.54, 1.807) is 6.20 Å². The molecule has 1 N–H and O–H groups in total. The molecular formula is C18H21N7. The highest BCUT2D eigenvalue weighted by molar-refractivity contribution is 5.37. The molecule has 4 rings (SSSR count). The molecule has 128 valence electrons. The molecule has 1 saturated heterocycles. The average Bonchev–Trinajstić information content (AvgIpc) is 3.17. The van der Waals surface area contributed by atoms with Gasteiger partial charge in [-0.2, -0.15) is 5.10 Å². The topological polar surface area (TPSA) is 71.8 Å². The molecule has 1 unspecified atom stereocenters. The second-order valence-corrected chi connectivity index (χ2v) is 6.24. The van der Waals surface area contributed by atoms with Crippen LogP contribution in [0.3, 0.4) is 0 Å². The summed E-state index contributed by atoms with van der Waals surface area (Å²) in [5.74, 6) is 0.948. The Balaban J connectivity index is 1.35. The average molecular weight is 335 g/mol. The summed E-state index contributed by atoms with van der Waals surface area (Å²) in [6, 6.07) is 14.4. The van der Waals surface area contributed by atoms with Gasteiger partial charge in [0.15, 0.2) is 5.82 Å². The highest BCUT2D eigenvalue weighted by Gasteiger charge is 2.20. The van der Waals surface area contributed by atoms with Gasteiger partial charge in [-0.25, -0.2) is 4.68 Å². The Hall–Kier alpha value is -2.80. The Morgan fingerprint density at radius 1 is 1.08 bits per heavy atom. The van der Waals surface area contributed by atoms with Crippen molar-refractivity contribution in [3.05, 3.63) is 60.6 Å². The maximum absolute atomic E-state index is 4.27. The van der Waals surface area contributed by atoms with E-state index in [0.29, 0.717) is 12.6 Å². The summed E-state index contributed by atoms with van der Waals surface area (Å²) in [6.45, 7) is 2.68. The van der Waals surface area contributed by atoms with E-state index in [-0.39, 0.29) is 0 Å². The molecular weight excluding hydrogens is 314 g/mol. The van der Waals surface area contributed by atoms with E-state index >= 15 is 0 Å². The minimum absolute atomic E-state index is 0.414. The van der Waals surface area contributed by atoms with Gasteiger partial charge in [0, 0.05) is 31.9 Å². The third-order valence-corrected chi connectivity index (χ3v) is 4.44. The van der Waals surface area contributed by atoms with E-state index in [0.717, 1.165) is 43.1 Å². The van der Waals surface area contributed by atoms with Crippen LogP contribution >= 0.6 is 0 Å². The fraction of sp³-hybridized carbons (Fsp3) is 0.333. The van der Waals surface area contributed by atoms with Crippen molar-refractivity contribution >= 4 is 5.82 Å². The van der Waals surface area contributed by atoms with Crippen LogP contribution in [0, 0.1) is 0 Å². The molecule has 1 aliphatic heterocycles. The third-order valence-electron chi connectivity index (χ3n) is 4.44. The molecule has 0 bridgehead atoms. The van der Waals surface area contributed by atoms with Crippen LogP contribution in [-0.4, -0.2) is 44.3 Å². The molecule has 3 heterocycles. The summed E-state index contributed by atoms with van der Waals surface area (Å²) < 4.78 is 1.81. The van der Waals surface area contributed by atoms with Gasteiger partial charge in [0.05, 0.1) is 17.6 Å². The molecule has 7 nitrogen and oxygen atoms in total. The lowest BCUT2D eigenvalue weighted by molar-refractivity contribution is 0.417. The molecule has 0 radical (unpaired) electrons. The lowest BCUT2D eigenvalue weighted by Gasteiger charge is -2.33. The van der Waals surface area contributed by atoms with Crippen LogP contribution < -0.4 is 10.2 Å². The van der Waals surface area contributed by atoms with Gasteiger partial charge in [0.1, 0.15) is 0 Å². The van der Waals surface area contributed by atoms with Crippen LogP contribution in [0.25, 0.3) is 5.69 Å². The number of para-hydroxylation sites is 1. The van der Waals surface area contributed by atoms with E-state index in [2.05, 4.69) is 30.7 Å². The fourth-order valence-corrected chi connectivity index (χ4v) is 3.15. The molecule has 0 saturated carbocycles. The Morgan fingerprint density at radius 2 is 2.00 bits per heavy atom. The first-order valence-electron chi connectivity index (χ1n) is 8.61. The zero-order valence-corrected chi connectivity index (χ0v) is 14.0. The Morgan fingerprint density at radius 3 is 2.84 bits per heavy atom. The largest absolute Gasteiger partial charge is 0.354 e. The molecule has 0 spiro atoms. The van der Waals surface area contributed by atoms with Gasteiger partial charge in [-0.15, -0.1) is 10.2 Å². The predicted molar refractivity (Wildman–Crippen MR) is 95.5 cm³/mol. The van der Waals surface area contributed by atoms with Crippen molar-refractivity contribution in [2.45, 2.75) is 25.4 Å². The maximum Gasteiger partial charge on any atom is 0.151 e. The van der Waals surface area contributed by atoms with Crippen LogP contribution in [0.4, 0.5) is 5.82 Å². The lowest BCUT2D eigenvalue weighted by atomic mass is 10.1. The second-order valence-electron chi connectivity index (χ2n) is 6.24. The van der Waals surface area contributed by atoms with Crippen molar-refractivity contribution in [3.8, 4) is 5.69 Å². The number of hydrogen-bond acceptors (Lipinski definition) is 6. The van der Waals surface area contributed by atoms with E-state index < -0.39 is 0 Å². The zero-order chi connectivity index (χ0) is 16.9. The Kier molecular flexibility index (Phi) is 4.65. The second kappa shape index (κ2) is 7.40. The lowest BCUT2D eigenvalue weighted by Crippen LogP contribution is -2.45. The standard InChI is InChI=1S/C18H21N7/c1-2-7-17(8-3-1)25-14-16(21-23-25)12-19-15-6-5-11-24(13-15)18-9-4-10-20-22-18/h1-4,7-10,14-15,19H,5-6,11-13H2. The summed E-state index contributed by atoms with van der Waals surface area (Å²) in [5, 5.41) is 20.3. The monoisotopic (exact) mass is 335 g/mol. The van der Waals surface area contributed by atoms with Crippen LogP contribution in [0.1, 0.15) is 18.5 Å². The number of hydrogen-bond donors (Lipinski definition) is 1. The van der Waals surface area contributed by atoms with Crippen LogP contribution in [0.2, 0.25) is 0 Å². The van der Waals surface area contributed by atoms with E-state index in [4.69, 9.17) is 0 Å². The molecule has 2 aromatic heterocycles. The smallest absolute Gasteiger partial charge is 0.151 e. The summed E-state index contributed by atoms with van der Waals surface area (Å²) in [4.78, 5) is 2.29. The van der Waals surface area contributed by atoms with Gasteiger partial charge in [-0.3, -0.25) is 0 Å². The van der Waals surface area contributed by atoms with Gasteiger partial charge in [-0.1, -0.05) is 23.4 Å². The number of anilines is 1. The van der Waals surface area contributed by atoms with Crippen LogP contribution in [0.15, 0.2) is 54.9 Å². The molecule has 7 heteroatoms. The number of benzene rings is 1. The Bertz CT molecular complexity index is 787. The van der Waals surface area contributed by atoms with Gasteiger partial charge in [-0.05, 0) is 37.1 Å². The first kappa shape index (κ1) is 15.7. The van der Waals surface area contributed by atoms with E-state index in [1.807, 2.05) is 53.3 Å². The van der Waals surface area contributed by atoms with Crippen molar-refractivity contribution in [1.29, 1.82) is 0 Å². The predicted octanol–water partition coefficient (Wildman–Crippen LogP) is 1.82. The first-order valence-corrected chi connectivity index (χ1v) is 8.61. The highest BCUT2D eigenvalue weighted by Crippen LogP contribution is 2.17. The zero-order valence-electron chi connectivity index (χ0n) is 14.0. The first-order chi connectivity index (χ1) is 12.4. The summed E-state index contributed by atoms with van der Waals surface area (Å²) in [6.07, 6.45) is 5.99. The summed E-state index contributed by atoms with van der Waals surface area (Å²) in [7, 11) is 0. The number of rotatable bonds is 5. The van der Waals surface area contributed by atoms with Crippen molar-refractivity contribution in [3.63, 3.8) is 0 Å². The number of nitrogens with one attached hydrogen (secondary N) is 1. The number of aromatic nitrogens is 5. The van der Waals surface area contributed by atoms with Crippen LogP contribution in [-0.2, 0) is 6.54 Å². The maximum atomic E-state index is 4.27. The molecule has 3 aromatic rings. The van der Waals surface area contributed by atoms with Gasteiger partial charge in [0.2, 0.25) is 0 Å². The summed E-state index contributed by atoms with van der Waals surface area (Å²) >= 11 is 0.